The van der Waals surface area contributed by atoms with Gasteiger partial charge in [0.15, 0.2) is 0 Å². The first-order valence-electron chi connectivity index (χ1n) is 2.39. The molecule has 0 aliphatic rings. The fourth-order valence-corrected chi connectivity index (χ4v) is 0.886. The molecule has 1 radical (unpaired) electrons. The molecule has 0 aliphatic carbocycles. The molecule has 3 nitrogen and oxygen atoms in total. The largest absolute Gasteiger partial charge is 0.289 e. The van der Waals surface area contributed by atoms with E-state index in [0.717, 1.165) is 4.31 Å². The first-order chi connectivity index (χ1) is 4.46. The van der Waals surface area contributed by atoms with Crippen LogP contribution in [-0.4, -0.2) is 13.1 Å². The average Bonchev–Trinajstić information content (AvgIpc) is 1.59. The molecule has 1 N–H and O–H groups in total. The average molecular weight is 159 g/mol. The van der Waals surface area contributed by atoms with E-state index in [-0.39, 0.29) is 11.4 Å². The van der Waals surface area contributed by atoms with E-state index in [9.17, 15) is 4.21 Å². The van der Waals surface area contributed by atoms with Gasteiger partial charge < -0.3 is 0 Å². The van der Waals surface area contributed by atoms with Crippen molar-refractivity contribution in [2.24, 2.45) is 0 Å². The van der Waals surface area contributed by atoms with Gasteiger partial charge in [-0.05, 0) is 6.92 Å². The summed E-state index contributed by atoms with van der Waals surface area (Å²) in [5.74, 6) is 0. The quantitative estimate of drug-likeness (QED) is 0.495. The van der Waals surface area contributed by atoms with E-state index in [1.165, 1.54) is 0 Å². The summed E-state index contributed by atoms with van der Waals surface area (Å²) in [6.07, 6.45) is 0. The van der Waals surface area contributed by atoms with Crippen LogP contribution in [0.4, 0.5) is 0 Å². The second-order valence-electron chi connectivity index (χ2n) is 1.66. The summed E-state index contributed by atoms with van der Waals surface area (Å²) in [6, 6.07) is 0. The molecule has 0 aliphatic heterocycles. The number of allylic oxidation sites excluding steroid dienone is 2. The molecule has 0 spiro atoms. The lowest BCUT2D eigenvalue weighted by Crippen LogP contribution is -2.20. The molecule has 0 rings (SSSR count). The van der Waals surface area contributed by atoms with Gasteiger partial charge in [0.25, 0.3) is 11.3 Å². The highest BCUT2D eigenvalue weighted by Crippen LogP contribution is 2.09. The number of rotatable bonds is 3. The summed E-state index contributed by atoms with van der Waals surface area (Å²) in [6.45, 7) is 13.4. The second kappa shape index (κ2) is 3.43. The minimum absolute atomic E-state index is 0.195. The number of hydrogen-bond acceptors (Lipinski definition) is 1. The third kappa shape index (κ3) is 2.24. The Labute approximate surface area is 63.5 Å². The number of nitrogens with zero attached hydrogens (tertiary/aromatic N) is 1. The van der Waals surface area contributed by atoms with Crippen LogP contribution in [0.15, 0.2) is 24.6 Å². The van der Waals surface area contributed by atoms with E-state index in [2.05, 4.69) is 27.0 Å². The van der Waals surface area contributed by atoms with Crippen molar-refractivity contribution in [3.8, 4) is 0 Å². The van der Waals surface area contributed by atoms with Crippen molar-refractivity contribution >= 4 is 11.3 Å². The van der Waals surface area contributed by atoms with Gasteiger partial charge in [-0.3, -0.25) is 4.55 Å². The van der Waals surface area contributed by atoms with Gasteiger partial charge in [-0.15, -0.1) is 0 Å². The van der Waals surface area contributed by atoms with Crippen molar-refractivity contribution < 1.29 is 8.76 Å². The first-order valence-corrected chi connectivity index (χ1v) is 3.46. The lowest BCUT2D eigenvalue weighted by atomic mass is 10.5. The van der Waals surface area contributed by atoms with Crippen molar-refractivity contribution in [1.82, 2.24) is 4.31 Å². The molecule has 55 valence electrons. The van der Waals surface area contributed by atoms with E-state index >= 15 is 0 Å². The summed E-state index contributed by atoms with van der Waals surface area (Å²) in [5.41, 5.74) is 0.390. The Kier molecular flexibility index (Phi) is 3.18. The highest BCUT2D eigenvalue weighted by atomic mass is 32.2. The molecular formula is C6H9NO2S+. The third-order valence-corrected chi connectivity index (χ3v) is 1.56. The fraction of sp³-hybridized carbons (Fsp3) is 0. The number of hydrogen-bond donors (Lipinski definition) is 1. The normalized spacial score (nSPS) is 12.2. The fourth-order valence-electron chi connectivity index (χ4n) is 0.444. The van der Waals surface area contributed by atoms with Gasteiger partial charge in [0, 0.05) is 5.70 Å². The van der Waals surface area contributed by atoms with Crippen molar-refractivity contribution in [3.05, 3.63) is 38.4 Å². The Bertz CT molecular complexity index is 155. The van der Waals surface area contributed by atoms with Crippen molar-refractivity contribution in [1.29, 1.82) is 0 Å². The van der Waals surface area contributed by atoms with Gasteiger partial charge in [-0.2, -0.15) is 0 Å². The summed E-state index contributed by atoms with van der Waals surface area (Å²) in [4.78, 5) is 0. The van der Waals surface area contributed by atoms with Crippen LogP contribution in [0.1, 0.15) is 0 Å². The van der Waals surface area contributed by atoms with Crippen LogP contribution in [-0.2, 0) is 11.3 Å². The van der Waals surface area contributed by atoms with Gasteiger partial charge in [0.2, 0.25) is 5.70 Å². The Hall–Kier alpha value is -0.740. The third-order valence-electron chi connectivity index (χ3n) is 0.731. The summed E-state index contributed by atoms with van der Waals surface area (Å²) in [7, 11) is 0. The zero-order valence-electron chi connectivity index (χ0n) is 5.54. The second-order valence-corrected chi connectivity index (χ2v) is 2.48. The molecule has 0 fully saturated rings. The molecule has 0 aromatic carbocycles. The molecule has 0 aromatic heterocycles. The summed E-state index contributed by atoms with van der Waals surface area (Å²) >= 11 is -2.15. The molecule has 1 unspecified atom stereocenters. The van der Waals surface area contributed by atoms with E-state index < -0.39 is 11.3 Å². The minimum Gasteiger partial charge on any atom is -0.289 e. The molecule has 0 saturated carbocycles. The van der Waals surface area contributed by atoms with Gasteiger partial charge in [-0.1, -0.05) is 6.58 Å². The maximum absolute atomic E-state index is 10.4. The maximum atomic E-state index is 10.4. The zero-order valence-corrected chi connectivity index (χ0v) is 6.36. The van der Waals surface area contributed by atoms with Crippen LogP contribution >= 0.6 is 0 Å². The van der Waals surface area contributed by atoms with Gasteiger partial charge >= 0.3 is 0 Å². The topological polar surface area (TPSA) is 40.5 Å². The van der Waals surface area contributed by atoms with Crippen molar-refractivity contribution in [2.45, 2.75) is 0 Å². The molecule has 0 saturated heterocycles. The standard InChI is InChI=1S/C6H8NO2S/c1-5(2)7(6(3)4)10(8)9/h1-4H2/p+1. The van der Waals surface area contributed by atoms with Crippen molar-refractivity contribution in [2.75, 3.05) is 0 Å². The van der Waals surface area contributed by atoms with Crippen LogP contribution in [0.25, 0.3) is 0 Å². The molecule has 0 heterocycles. The van der Waals surface area contributed by atoms with Crippen LogP contribution in [0.3, 0.4) is 0 Å². The van der Waals surface area contributed by atoms with Crippen LogP contribution < -0.4 is 0 Å². The Balaban J connectivity index is 4.43. The SMILES string of the molecule is [CH2]C(=C)N(C(=C)[CH2+])S(=O)O. The first kappa shape index (κ1) is 9.26. The highest BCUT2D eigenvalue weighted by molar-refractivity contribution is 7.77. The molecule has 4 heteroatoms. The molecular weight excluding hydrogens is 150 g/mol. The predicted molar refractivity (Wildman–Crippen MR) is 41.6 cm³/mol. The smallest absolute Gasteiger partial charge is 0.269 e. The van der Waals surface area contributed by atoms with Gasteiger partial charge in [0.05, 0.1) is 13.5 Å². The Morgan fingerprint density at radius 1 is 1.60 bits per heavy atom. The van der Waals surface area contributed by atoms with Crippen LogP contribution in [0.5, 0.6) is 0 Å². The van der Waals surface area contributed by atoms with E-state index in [1.54, 1.807) is 0 Å². The Morgan fingerprint density at radius 3 is 2.00 bits per heavy atom. The zero-order chi connectivity index (χ0) is 8.31. The molecule has 1 atom stereocenters. The van der Waals surface area contributed by atoms with Crippen LogP contribution in [0.2, 0.25) is 0 Å². The summed E-state index contributed by atoms with van der Waals surface area (Å²) in [5, 5.41) is 0. The van der Waals surface area contributed by atoms with E-state index in [4.69, 9.17) is 4.55 Å². The molecule has 0 bridgehead atoms. The lowest BCUT2D eigenvalue weighted by molar-refractivity contribution is 0.506. The van der Waals surface area contributed by atoms with Crippen LogP contribution in [0, 0.1) is 13.8 Å². The monoisotopic (exact) mass is 159 g/mol. The van der Waals surface area contributed by atoms with Gasteiger partial charge in [-0.25, -0.2) is 8.51 Å². The molecule has 0 amide bonds. The predicted octanol–water partition coefficient (Wildman–Crippen LogP) is 1.12. The highest BCUT2D eigenvalue weighted by Gasteiger charge is 2.14. The lowest BCUT2D eigenvalue weighted by Gasteiger charge is -2.13. The van der Waals surface area contributed by atoms with Gasteiger partial charge in [0.1, 0.15) is 0 Å². The van der Waals surface area contributed by atoms with E-state index in [0.29, 0.717) is 0 Å². The van der Waals surface area contributed by atoms with E-state index in [1.807, 2.05) is 0 Å². The minimum atomic E-state index is -2.15. The molecule has 0 aromatic rings. The molecule has 10 heavy (non-hydrogen) atoms. The maximum Gasteiger partial charge on any atom is 0.269 e. The Morgan fingerprint density at radius 2 is 2.00 bits per heavy atom. The summed E-state index contributed by atoms with van der Waals surface area (Å²) < 4.78 is 19.9. The van der Waals surface area contributed by atoms with Crippen molar-refractivity contribution in [3.63, 3.8) is 0 Å².